The Balaban J connectivity index is 1.61. The van der Waals surface area contributed by atoms with Crippen LogP contribution in [0.25, 0.3) is 0 Å². The van der Waals surface area contributed by atoms with Crippen LogP contribution in [0.2, 0.25) is 0 Å². The van der Waals surface area contributed by atoms with Crippen molar-refractivity contribution in [3.05, 3.63) is 84.2 Å². The average molecular weight is 531 g/mol. The van der Waals surface area contributed by atoms with Gasteiger partial charge in [0.15, 0.2) is 15.1 Å². The van der Waals surface area contributed by atoms with Crippen molar-refractivity contribution < 1.29 is 41.8 Å². The van der Waals surface area contributed by atoms with E-state index in [0.717, 1.165) is 6.07 Å². The summed E-state index contributed by atoms with van der Waals surface area (Å²) in [4.78, 5) is 35.7. The first-order chi connectivity index (χ1) is 17.6. The summed E-state index contributed by atoms with van der Waals surface area (Å²) in [7, 11) is -2.86. The van der Waals surface area contributed by atoms with Crippen LogP contribution in [0.5, 0.6) is 5.75 Å². The SMILES string of the molecule is COc1ccc(C(=O)Nc2ccc(S(=O)(=O)C(CCOC(=O)Nc3cccc(F)c3)C(=O)O)cc2)cc1. The molecule has 3 aromatic rings. The highest BCUT2D eigenvalue weighted by Gasteiger charge is 2.34. The van der Waals surface area contributed by atoms with Gasteiger partial charge in [-0.2, -0.15) is 0 Å². The van der Waals surface area contributed by atoms with Gasteiger partial charge in [-0.1, -0.05) is 6.07 Å². The molecule has 0 aliphatic heterocycles. The van der Waals surface area contributed by atoms with Crippen LogP contribution in [0.3, 0.4) is 0 Å². The lowest BCUT2D eigenvalue weighted by atomic mass is 10.2. The summed E-state index contributed by atoms with van der Waals surface area (Å²) in [6.45, 7) is -0.520. The summed E-state index contributed by atoms with van der Waals surface area (Å²) in [6.07, 6.45) is -1.52. The van der Waals surface area contributed by atoms with Gasteiger partial charge in [0.05, 0.1) is 18.6 Å². The molecule has 37 heavy (non-hydrogen) atoms. The molecule has 3 rings (SSSR count). The van der Waals surface area contributed by atoms with Crippen molar-refractivity contribution in [2.24, 2.45) is 0 Å². The number of hydrogen-bond acceptors (Lipinski definition) is 7. The molecule has 0 spiro atoms. The lowest BCUT2D eigenvalue weighted by Gasteiger charge is -2.15. The number of ether oxygens (including phenoxy) is 2. The lowest BCUT2D eigenvalue weighted by Crippen LogP contribution is -2.32. The molecule has 0 saturated carbocycles. The number of carbonyl (C=O) groups excluding carboxylic acids is 2. The number of rotatable bonds is 10. The Hall–Kier alpha value is -4.45. The zero-order valence-electron chi connectivity index (χ0n) is 19.5. The number of carbonyl (C=O) groups is 3. The topological polar surface area (TPSA) is 148 Å². The van der Waals surface area contributed by atoms with Crippen LogP contribution >= 0.6 is 0 Å². The first-order valence-electron chi connectivity index (χ1n) is 10.8. The maximum Gasteiger partial charge on any atom is 0.411 e. The van der Waals surface area contributed by atoms with Gasteiger partial charge in [0.25, 0.3) is 5.91 Å². The van der Waals surface area contributed by atoms with Gasteiger partial charge in [-0.25, -0.2) is 17.6 Å². The van der Waals surface area contributed by atoms with Crippen molar-refractivity contribution in [1.82, 2.24) is 0 Å². The van der Waals surface area contributed by atoms with E-state index in [0.29, 0.717) is 17.0 Å². The Morgan fingerprint density at radius 3 is 2.22 bits per heavy atom. The number of methoxy groups -OCH3 is 1. The molecule has 10 nitrogen and oxygen atoms in total. The Morgan fingerprint density at radius 2 is 1.62 bits per heavy atom. The third kappa shape index (κ3) is 7.27. The molecule has 12 heteroatoms. The van der Waals surface area contributed by atoms with Gasteiger partial charge in [0.2, 0.25) is 0 Å². The maximum atomic E-state index is 13.2. The highest BCUT2D eigenvalue weighted by atomic mass is 32.2. The van der Waals surface area contributed by atoms with E-state index in [1.165, 1.54) is 49.6 Å². The van der Waals surface area contributed by atoms with Crippen LogP contribution in [-0.4, -0.2) is 50.5 Å². The van der Waals surface area contributed by atoms with Crippen molar-refractivity contribution in [2.45, 2.75) is 16.6 Å². The highest BCUT2D eigenvalue weighted by molar-refractivity contribution is 7.92. The zero-order valence-corrected chi connectivity index (χ0v) is 20.3. The largest absolute Gasteiger partial charge is 0.497 e. The molecule has 194 valence electrons. The molecule has 1 atom stereocenters. The van der Waals surface area contributed by atoms with Gasteiger partial charge in [-0.05, 0) is 66.7 Å². The molecule has 0 aliphatic carbocycles. The van der Waals surface area contributed by atoms with E-state index in [-0.39, 0.29) is 10.6 Å². The molecule has 0 bridgehead atoms. The smallest absolute Gasteiger partial charge is 0.411 e. The van der Waals surface area contributed by atoms with Crippen molar-refractivity contribution >= 4 is 39.2 Å². The number of amides is 2. The molecule has 3 aromatic carbocycles. The normalized spacial score (nSPS) is 11.7. The van der Waals surface area contributed by atoms with Crippen LogP contribution < -0.4 is 15.4 Å². The quantitative estimate of drug-likeness (QED) is 0.357. The number of sulfone groups is 1. The number of anilines is 2. The van der Waals surface area contributed by atoms with Gasteiger partial charge in [0, 0.05) is 23.4 Å². The van der Waals surface area contributed by atoms with Crippen molar-refractivity contribution in [2.75, 3.05) is 24.4 Å². The Kier molecular flexibility index (Phi) is 8.80. The molecule has 0 radical (unpaired) electrons. The maximum absolute atomic E-state index is 13.2. The van der Waals surface area contributed by atoms with E-state index in [1.54, 1.807) is 24.3 Å². The van der Waals surface area contributed by atoms with Gasteiger partial charge in [0.1, 0.15) is 11.6 Å². The second kappa shape index (κ2) is 12.0. The van der Waals surface area contributed by atoms with E-state index >= 15 is 0 Å². The fraction of sp³-hybridized carbons (Fsp3) is 0.160. The summed E-state index contributed by atoms with van der Waals surface area (Å²) >= 11 is 0. The molecular weight excluding hydrogens is 507 g/mol. The van der Waals surface area contributed by atoms with Gasteiger partial charge in [-0.15, -0.1) is 0 Å². The molecule has 0 aliphatic rings. The Labute approximate surface area is 211 Å². The third-order valence-electron chi connectivity index (χ3n) is 5.13. The number of aliphatic carboxylic acids is 1. The second-order valence-corrected chi connectivity index (χ2v) is 9.77. The number of benzene rings is 3. The summed E-state index contributed by atoms with van der Waals surface area (Å²) < 4.78 is 48.9. The van der Waals surface area contributed by atoms with Gasteiger partial charge in [-0.3, -0.25) is 14.9 Å². The number of hydrogen-bond donors (Lipinski definition) is 3. The van der Waals surface area contributed by atoms with E-state index in [4.69, 9.17) is 9.47 Å². The minimum Gasteiger partial charge on any atom is -0.497 e. The summed E-state index contributed by atoms with van der Waals surface area (Å²) in [5, 5.41) is 12.5. The van der Waals surface area contributed by atoms with Crippen molar-refractivity contribution in [1.29, 1.82) is 0 Å². The van der Waals surface area contributed by atoms with Crippen LogP contribution in [0.4, 0.5) is 20.6 Å². The fourth-order valence-corrected chi connectivity index (χ4v) is 4.74. The van der Waals surface area contributed by atoms with Crippen molar-refractivity contribution in [3.63, 3.8) is 0 Å². The molecule has 0 heterocycles. The number of nitrogens with one attached hydrogen (secondary N) is 2. The summed E-state index contributed by atoms with van der Waals surface area (Å²) in [6, 6.07) is 16.4. The molecule has 0 saturated heterocycles. The Bertz CT molecular complexity index is 1380. The van der Waals surface area contributed by atoms with Crippen LogP contribution in [0, 0.1) is 5.82 Å². The monoisotopic (exact) mass is 530 g/mol. The summed E-state index contributed by atoms with van der Waals surface area (Å²) in [5.74, 6) is -2.06. The van der Waals surface area contributed by atoms with Crippen LogP contribution in [0.1, 0.15) is 16.8 Å². The number of carboxylic acid groups (broad SMARTS) is 1. The zero-order chi connectivity index (χ0) is 27.0. The first kappa shape index (κ1) is 27.1. The van der Waals surface area contributed by atoms with E-state index in [1.807, 2.05) is 0 Å². The first-order valence-corrected chi connectivity index (χ1v) is 12.4. The minimum atomic E-state index is -4.36. The molecule has 1 unspecified atom stereocenters. The van der Waals surface area contributed by atoms with Crippen LogP contribution in [-0.2, 0) is 19.4 Å². The minimum absolute atomic E-state index is 0.117. The third-order valence-corrected chi connectivity index (χ3v) is 7.24. The predicted octanol–water partition coefficient (Wildman–Crippen LogP) is 3.95. The summed E-state index contributed by atoms with van der Waals surface area (Å²) in [5.41, 5.74) is 0.764. The molecule has 2 amide bonds. The second-order valence-electron chi connectivity index (χ2n) is 7.64. The molecule has 0 aromatic heterocycles. The highest BCUT2D eigenvalue weighted by Crippen LogP contribution is 2.22. The number of halogens is 1. The predicted molar refractivity (Wildman–Crippen MR) is 132 cm³/mol. The van der Waals surface area contributed by atoms with E-state index in [9.17, 15) is 32.3 Å². The van der Waals surface area contributed by atoms with Crippen molar-refractivity contribution in [3.8, 4) is 5.75 Å². The number of carboxylic acids is 1. The molecule has 3 N–H and O–H groups in total. The standard InChI is InChI=1S/C25H23FN2O8S/c1-35-20-9-5-16(6-10-20)23(29)27-18-7-11-21(12-8-18)37(33,34)22(24(30)31)13-14-36-25(32)28-19-4-2-3-17(26)15-19/h2-12,15,22H,13-14H2,1H3,(H,27,29)(H,28,32)(H,30,31). The van der Waals surface area contributed by atoms with E-state index < -0.39 is 51.9 Å². The van der Waals surface area contributed by atoms with Gasteiger partial charge >= 0.3 is 12.1 Å². The van der Waals surface area contributed by atoms with Crippen LogP contribution in [0.15, 0.2) is 77.7 Å². The lowest BCUT2D eigenvalue weighted by molar-refractivity contribution is -0.136. The average Bonchev–Trinajstić information content (AvgIpc) is 2.86. The Morgan fingerprint density at radius 1 is 0.946 bits per heavy atom. The molecular formula is C25H23FN2O8S. The van der Waals surface area contributed by atoms with E-state index in [2.05, 4.69) is 10.6 Å². The molecule has 0 fully saturated rings. The fourth-order valence-electron chi connectivity index (χ4n) is 3.23. The van der Waals surface area contributed by atoms with Gasteiger partial charge < -0.3 is 19.9 Å².